The van der Waals surface area contributed by atoms with Crippen molar-refractivity contribution in [1.82, 2.24) is 10.2 Å². The lowest BCUT2D eigenvalue weighted by Gasteiger charge is -2.50. The van der Waals surface area contributed by atoms with Gasteiger partial charge in [0.25, 0.3) is 0 Å². The van der Waals surface area contributed by atoms with Crippen molar-refractivity contribution in [2.75, 3.05) is 0 Å². The van der Waals surface area contributed by atoms with Gasteiger partial charge in [0.05, 0.1) is 18.0 Å². The van der Waals surface area contributed by atoms with E-state index in [0.29, 0.717) is 11.3 Å². The number of rotatable bonds is 2. The molecular formula is C14H22N2O. The Labute approximate surface area is 103 Å². The molecule has 0 atom stereocenters. The predicted octanol–water partition coefficient (Wildman–Crippen LogP) is 3.04. The summed E-state index contributed by atoms with van der Waals surface area (Å²) in [7, 11) is 0. The minimum Gasteiger partial charge on any atom is -0.390 e. The molecule has 2 saturated carbocycles. The standard InChI is InChI=1S/C14H22N2O/c1-10-12(9-17)15-16-13(10)11-7-14(8-11)5-3-2-4-6-14/h11,17H,2-9H2,1H3,(H,15,16). The van der Waals surface area contributed by atoms with E-state index in [9.17, 15) is 5.11 Å². The van der Waals surface area contributed by atoms with Gasteiger partial charge in [0.1, 0.15) is 0 Å². The summed E-state index contributed by atoms with van der Waals surface area (Å²) in [5.74, 6) is 0.643. The number of nitrogens with zero attached hydrogens (tertiary/aromatic N) is 1. The summed E-state index contributed by atoms with van der Waals surface area (Å²) in [6.07, 6.45) is 9.79. The van der Waals surface area contributed by atoms with Gasteiger partial charge in [0.15, 0.2) is 0 Å². The van der Waals surface area contributed by atoms with Gasteiger partial charge >= 0.3 is 0 Å². The third kappa shape index (κ3) is 1.81. The number of hydrogen-bond donors (Lipinski definition) is 2. The van der Waals surface area contributed by atoms with Crippen molar-refractivity contribution in [3.05, 3.63) is 17.0 Å². The van der Waals surface area contributed by atoms with Crippen LogP contribution in [0.15, 0.2) is 0 Å². The second-order valence-corrected chi connectivity index (χ2v) is 6.04. The van der Waals surface area contributed by atoms with E-state index in [1.54, 1.807) is 0 Å². The smallest absolute Gasteiger partial charge is 0.0850 e. The van der Waals surface area contributed by atoms with Gasteiger partial charge in [0, 0.05) is 5.92 Å². The Morgan fingerprint density at radius 3 is 2.59 bits per heavy atom. The molecule has 0 saturated heterocycles. The van der Waals surface area contributed by atoms with Crippen molar-refractivity contribution in [2.24, 2.45) is 5.41 Å². The highest BCUT2D eigenvalue weighted by molar-refractivity contribution is 5.28. The van der Waals surface area contributed by atoms with E-state index in [1.165, 1.54) is 56.2 Å². The summed E-state index contributed by atoms with van der Waals surface area (Å²) in [5.41, 5.74) is 3.95. The lowest BCUT2D eigenvalue weighted by atomic mass is 9.55. The van der Waals surface area contributed by atoms with Crippen molar-refractivity contribution in [2.45, 2.75) is 64.4 Å². The zero-order chi connectivity index (χ0) is 11.9. The SMILES string of the molecule is Cc1c(C2CC3(CCCCC3)C2)n[nH]c1CO. The Morgan fingerprint density at radius 2 is 2.00 bits per heavy atom. The molecule has 1 aromatic heterocycles. The minimum atomic E-state index is 0.0801. The number of aliphatic hydroxyl groups is 1. The molecule has 0 aliphatic heterocycles. The van der Waals surface area contributed by atoms with Crippen LogP contribution in [-0.4, -0.2) is 15.3 Å². The van der Waals surface area contributed by atoms with Gasteiger partial charge in [-0.1, -0.05) is 19.3 Å². The Morgan fingerprint density at radius 1 is 1.29 bits per heavy atom. The van der Waals surface area contributed by atoms with Gasteiger partial charge < -0.3 is 5.11 Å². The summed E-state index contributed by atoms with van der Waals surface area (Å²) in [6, 6.07) is 0. The van der Waals surface area contributed by atoms with Gasteiger partial charge in [-0.2, -0.15) is 5.10 Å². The van der Waals surface area contributed by atoms with Crippen LogP contribution in [0, 0.1) is 12.3 Å². The lowest BCUT2D eigenvalue weighted by molar-refractivity contribution is 0.0504. The molecule has 17 heavy (non-hydrogen) atoms. The number of H-pyrrole nitrogens is 1. The number of aromatic nitrogens is 2. The number of hydrogen-bond acceptors (Lipinski definition) is 2. The molecule has 0 aromatic carbocycles. The van der Waals surface area contributed by atoms with Gasteiger partial charge in [-0.05, 0) is 43.6 Å². The van der Waals surface area contributed by atoms with Crippen LogP contribution in [0.5, 0.6) is 0 Å². The van der Waals surface area contributed by atoms with E-state index in [4.69, 9.17) is 0 Å². The van der Waals surface area contributed by atoms with Crippen LogP contribution in [0.1, 0.15) is 67.8 Å². The first kappa shape index (κ1) is 11.3. The van der Waals surface area contributed by atoms with Crippen LogP contribution < -0.4 is 0 Å². The third-order valence-electron chi connectivity index (χ3n) is 4.97. The molecule has 2 aliphatic carbocycles. The summed E-state index contributed by atoms with van der Waals surface area (Å²) in [6.45, 7) is 2.16. The molecule has 3 rings (SSSR count). The van der Waals surface area contributed by atoms with Crippen LogP contribution in [-0.2, 0) is 6.61 Å². The van der Waals surface area contributed by atoms with Crippen LogP contribution in [0.3, 0.4) is 0 Å². The first-order valence-electron chi connectivity index (χ1n) is 6.89. The molecule has 3 heteroatoms. The Bertz CT molecular complexity index is 396. The fourth-order valence-corrected chi connectivity index (χ4v) is 3.89. The molecule has 1 aromatic rings. The molecule has 1 heterocycles. The molecule has 0 radical (unpaired) electrons. The molecule has 2 aliphatic rings. The monoisotopic (exact) mass is 234 g/mol. The summed E-state index contributed by atoms with van der Waals surface area (Å²) < 4.78 is 0. The molecule has 1 spiro atoms. The minimum absolute atomic E-state index is 0.0801. The zero-order valence-corrected chi connectivity index (χ0v) is 10.6. The second-order valence-electron chi connectivity index (χ2n) is 6.04. The summed E-state index contributed by atoms with van der Waals surface area (Å²) in [5, 5.41) is 16.5. The molecule has 0 amide bonds. The van der Waals surface area contributed by atoms with Crippen LogP contribution in [0.4, 0.5) is 0 Å². The fraction of sp³-hybridized carbons (Fsp3) is 0.786. The average Bonchev–Trinajstić information content (AvgIpc) is 2.68. The fourth-order valence-electron chi connectivity index (χ4n) is 3.89. The van der Waals surface area contributed by atoms with E-state index in [1.807, 2.05) is 0 Å². The molecule has 2 fully saturated rings. The molecule has 2 N–H and O–H groups in total. The highest BCUT2D eigenvalue weighted by atomic mass is 16.3. The van der Waals surface area contributed by atoms with Crippen LogP contribution >= 0.6 is 0 Å². The average molecular weight is 234 g/mol. The Kier molecular flexibility index (Phi) is 2.74. The van der Waals surface area contributed by atoms with E-state index in [-0.39, 0.29) is 6.61 Å². The van der Waals surface area contributed by atoms with Crippen molar-refractivity contribution in [3.63, 3.8) is 0 Å². The normalized spacial score (nSPS) is 23.9. The lowest BCUT2D eigenvalue weighted by Crippen LogP contribution is -2.37. The summed E-state index contributed by atoms with van der Waals surface area (Å²) >= 11 is 0. The van der Waals surface area contributed by atoms with E-state index < -0.39 is 0 Å². The number of aromatic amines is 1. The third-order valence-corrected chi connectivity index (χ3v) is 4.97. The van der Waals surface area contributed by atoms with Crippen molar-refractivity contribution < 1.29 is 5.11 Å². The highest BCUT2D eigenvalue weighted by Gasteiger charge is 2.46. The first-order valence-corrected chi connectivity index (χ1v) is 6.89. The van der Waals surface area contributed by atoms with Crippen molar-refractivity contribution in [3.8, 4) is 0 Å². The Hall–Kier alpha value is -0.830. The van der Waals surface area contributed by atoms with Crippen LogP contribution in [0.25, 0.3) is 0 Å². The van der Waals surface area contributed by atoms with Gasteiger partial charge in [-0.3, -0.25) is 5.10 Å². The highest BCUT2D eigenvalue weighted by Crippen LogP contribution is 2.58. The van der Waals surface area contributed by atoms with Crippen LogP contribution in [0.2, 0.25) is 0 Å². The van der Waals surface area contributed by atoms with E-state index in [0.717, 1.165) is 5.69 Å². The molecule has 3 nitrogen and oxygen atoms in total. The maximum Gasteiger partial charge on any atom is 0.0850 e. The van der Waals surface area contributed by atoms with E-state index in [2.05, 4.69) is 17.1 Å². The van der Waals surface area contributed by atoms with Gasteiger partial charge in [-0.15, -0.1) is 0 Å². The summed E-state index contributed by atoms with van der Waals surface area (Å²) in [4.78, 5) is 0. The molecule has 0 unspecified atom stereocenters. The topological polar surface area (TPSA) is 48.9 Å². The second kappa shape index (κ2) is 4.13. The van der Waals surface area contributed by atoms with E-state index >= 15 is 0 Å². The molecule has 94 valence electrons. The molecule has 0 bridgehead atoms. The number of nitrogens with one attached hydrogen (secondary N) is 1. The maximum absolute atomic E-state index is 9.18. The quantitative estimate of drug-likeness (QED) is 0.826. The maximum atomic E-state index is 9.18. The number of aliphatic hydroxyl groups excluding tert-OH is 1. The van der Waals surface area contributed by atoms with Crippen molar-refractivity contribution in [1.29, 1.82) is 0 Å². The predicted molar refractivity (Wildman–Crippen MR) is 66.7 cm³/mol. The largest absolute Gasteiger partial charge is 0.390 e. The van der Waals surface area contributed by atoms with Gasteiger partial charge in [0.2, 0.25) is 0 Å². The first-order chi connectivity index (χ1) is 8.24. The van der Waals surface area contributed by atoms with Crippen molar-refractivity contribution >= 4 is 0 Å². The van der Waals surface area contributed by atoms with Gasteiger partial charge in [-0.25, -0.2) is 0 Å². The molecular weight excluding hydrogens is 212 g/mol. The Balaban J connectivity index is 1.70. The zero-order valence-electron chi connectivity index (χ0n) is 10.6.